The third-order valence-corrected chi connectivity index (χ3v) is 4.31. The fraction of sp³-hybridized carbons (Fsp3) is 0.294. The summed E-state index contributed by atoms with van der Waals surface area (Å²) in [5, 5.41) is 12.0. The van der Waals surface area contributed by atoms with Crippen LogP contribution >= 0.6 is 11.6 Å². The topological polar surface area (TPSA) is 77.6 Å². The van der Waals surface area contributed by atoms with Crippen molar-refractivity contribution in [1.29, 1.82) is 0 Å². The molecule has 0 aromatic carbocycles. The van der Waals surface area contributed by atoms with E-state index in [9.17, 15) is 4.79 Å². The van der Waals surface area contributed by atoms with E-state index < -0.39 is 0 Å². The molecule has 1 amide bonds. The summed E-state index contributed by atoms with van der Waals surface area (Å²) >= 11 is 5.89. The minimum absolute atomic E-state index is 0.107. The third-order valence-electron chi connectivity index (χ3n) is 4.10. The van der Waals surface area contributed by atoms with E-state index in [0.29, 0.717) is 16.9 Å². The number of hydrogen-bond acceptors (Lipinski definition) is 4. The van der Waals surface area contributed by atoms with Gasteiger partial charge in [0.25, 0.3) is 0 Å². The maximum absolute atomic E-state index is 12.3. The molecule has 1 aliphatic carbocycles. The van der Waals surface area contributed by atoms with E-state index >= 15 is 0 Å². The molecule has 1 fully saturated rings. The monoisotopic (exact) mass is 356 g/mol. The first-order chi connectivity index (χ1) is 12.1. The van der Waals surface area contributed by atoms with Gasteiger partial charge in [-0.15, -0.1) is 0 Å². The van der Waals surface area contributed by atoms with Crippen molar-refractivity contribution in [3.63, 3.8) is 0 Å². The molecule has 0 atom stereocenters. The van der Waals surface area contributed by atoms with Crippen LogP contribution in [-0.2, 0) is 18.3 Å². The van der Waals surface area contributed by atoms with Gasteiger partial charge in [0, 0.05) is 25.2 Å². The Morgan fingerprint density at radius 1 is 1.40 bits per heavy atom. The number of carbonyl (C=O) groups excluding carboxylic acids is 1. The van der Waals surface area contributed by atoms with Gasteiger partial charge in [-0.1, -0.05) is 17.7 Å². The van der Waals surface area contributed by atoms with Gasteiger partial charge in [-0.2, -0.15) is 10.2 Å². The zero-order valence-electron chi connectivity index (χ0n) is 13.7. The lowest BCUT2D eigenvalue weighted by Gasteiger charge is -2.03. The second-order valence-corrected chi connectivity index (χ2v) is 6.58. The Kier molecular flexibility index (Phi) is 4.01. The number of rotatable bonds is 5. The van der Waals surface area contributed by atoms with Crippen molar-refractivity contribution in [2.45, 2.75) is 25.2 Å². The van der Waals surface area contributed by atoms with Gasteiger partial charge in [0.1, 0.15) is 11.0 Å². The Morgan fingerprint density at radius 2 is 2.24 bits per heavy atom. The molecule has 25 heavy (non-hydrogen) atoms. The first-order valence-corrected chi connectivity index (χ1v) is 8.46. The molecule has 1 aliphatic rings. The Hall–Kier alpha value is -2.67. The number of hydrogen-bond donors (Lipinski definition) is 1. The summed E-state index contributed by atoms with van der Waals surface area (Å²) in [5.41, 5.74) is 1.85. The number of pyridine rings is 1. The highest BCUT2D eigenvalue weighted by Crippen LogP contribution is 2.39. The summed E-state index contributed by atoms with van der Waals surface area (Å²) in [6.45, 7) is 0. The van der Waals surface area contributed by atoms with Crippen molar-refractivity contribution in [3.8, 4) is 5.82 Å². The molecule has 0 aliphatic heterocycles. The molecule has 1 N–H and O–H groups in total. The van der Waals surface area contributed by atoms with Gasteiger partial charge in [-0.3, -0.25) is 9.48 Å². The number of amides is 1. The zero-order chi connectivity index (χ0) is 17.4. The number of nitrogens with zero attached hydrogens (tertiary/aromatic N) is 5. The van der Waals surface area contributed by atoms with Gasteiger partial charge in [-0.25, -0.2) is 9.67 Å². The average Bonchev–Trinajstić information content (AvgIpc) is 3.23. The van der Waals surface area contributed by atoms with Crippen LogP contribution in [0.25, 0.3) is 5.82 Å². The predicted molar refractivity (Wildman–Crippen MR) is 93.9 cm³/mol. The Balaban J connectivity index is 1.43. The van der Waals surface area contributed by atoms with Crippen LogP contribution in [0, 0.1) is 0 Å². The van der Waals surface area contributed by atoms with Crippen molar-refractivity contribution < 1.29 is 4.79 Å². The minimum atomic E-state index is -0.107. The minimum Gasteiger partial charge on any atom is -0.311 e. The maximum Gasteiger partial charge on any atom is 0.230 e. The fourth-order valence-electron chi connectivity index (χ4n) is 2.66. The van der Waals surface area contributed by atoms with Crippen LogP contribution in [0.4, 0.5) is 5.82 Å². The lowest BCUT2D eigenvalue weighted by molar-refractivity contribution is -0.115. The number of anilines is 1. The number of halogens is 1. The van der Waals surface area contributed by atoms with Gasteiger partial charge in [0.05, 0.1) is 18.3 Å². The number of aryl methyl sites for hydroxylation is 1. The van der Waals surface area contributed by atoms with Crippen molar-refractivity contribution >= 4 is 23.3 Å². The maximum atomic E-state index is 12.3. The molecule has 0 saturated heterocycles. The van der Waals surface area contributed by atoms with Crippen LogP contribution in [-0.4, -0.2) is 30.5 Å². The summed E-state index contributed by atoms with van der Waals surface area (Å²) in [7, 11) is 1.84. The number of nitrogens with one attached hydrogen (secondary N) is 1. The zero-order valence-corrected chi connectivity index (χ0v) is 14.4. The molecule has 1 saturated carbocycles. The van der Waals surface area contributed by atoms with Crippen LogP contribution in [0.15, 0.2) is 36.7 Å². The van der Waals surface area contributed by atoms with Crippen molar-refractivity contribution in [2.75, 3.05) is 5.32 Å². The third kappa shape index (κ3) is 3.56. The quantitative estimate of drug-likeness (QED) is 0.713. The molecule has 3 aromatic rings. The predicted octanol–water partition coefficient (Wildman–Crippen LogP) is 2.71. The highest BCUT2D eigenvalue weighted by molar-refractivity contribution is 6.29. The smallest absolute Gasteiger partial charge is 0.230 e. The second-order valence-electron chi connectivity index (χ2n) is 6.19. The van der Waals surface area contributed by atoms with Crippen molar-refractivity contribution in [1.82, 2.24) is 24.5 Å². The SMILES string of the molecule is Cn1nc(C2CC2)cc1NC(=O)Cc1cnn(-c2cccc(Cl)n2)c1. The summed E-state index contributed by atoms with van der Waals surface area (Å²) in [6.07, 6.45) is 6.02. The molecule has 3 aromatic heterocycles. The summed E-state index contributed by atoms with van der Waals surface area (Å²) < 4.78 is 3.31. The first kappa shape index (κ1) is 15.8. The molecule has 128 valence electrons. The molecule has 7 nitrogen and oxygen atoms in total. The summed E-state index contributed by atoms with van der Waals surface area (Å²) in [4.78, 5) is 16.5. The summed E-state index contributed by atoms with van der Waals surface area (Å²) in [5.74, 6) is 1.78. The molecule has 0 radical (unpaired) electrons. The normalized spacial score (nSPS) is 13.8. The van der Waals surface area contributed by atoms with Gasteiger partial charge in [-0.05, 0) is 30.5 Å². The van der Waals surface area contributed by atoms with Crippen LogP contribution in [0.1, 0.15) is 30.0 Å². The first-order valence-electron chi connectivity index (χ1n) is 8.09. The van der Waals surface area contributed by atoms with Crippen LogP contribution in [0.3, 0.4) is 0 Å². The molecular weight excluding hydrogens is 340 g/mol. The standard InChI is InChI=1S/C17H17ClN6O/c1-23-16(8-13(22-23)12-5-6-12)21-17(25)7-11-9-19-24(10-11)15-4-2-3-14(18)20-15/h2-4,8-10,12H,5-7H2,1H3,(H,21,25). The van der Waals surface area contributed by atoms with Crippen LogP contribution in [0.5, 0.6) is 0 Å². The molecular formula is C17H17ClN6O. The number of carbonyl (C=O) groups is 1. The fourth-order valence-corrected chi connectivity index (χ4v) is 2.82. The van der Waals surface area contributed by atoms with E-state index in [1.165, 1.54) is 12.8 Å². The molecule has 0 unspecified atom stereocenters. The second kappa shape index (κ2) is 6.33. The lowest BCUT2D eigenvalue weighted by atomic mass is 10.2. The molecule has 0 bridgehead atoms. The Labute approximate surface area is 149 Å². The largest absolute Gasteiger partial charge is 0.311 e. The van der Waals surface area contributed by atoms with E-state index in [0.717, 1.165) is 17.1 Å². The number of aromatic nitrogens is 5. The van der Waals surface area contributed by atoms with Crippen molar-refractivity contribution in [2.24, 2.45) is 7.05 Å². The molecule has 0 spiro atoms. The van der Waals surface area contributed by atoms with E-state index in [-0.39, 0.29) is 12.3 Å². The molecule has 8 heteroatoms. The van der Waals surface area contributed by atoms with E-state index in [1.54, 1.807) is 40.0 Å². The Bertz CT molecular complexity index is 927. The molecule has 4 rings (SSSR count). The van der Waals surface area contributed by atoms with E-state index in [1.807, 2.05) is 13.1 Å². The van der Waals surface area contributed by atoms with Crippen molar-refractivity contribution in [3.05, 3.63) is 53.1 Å². The van der Waals surface area contributed by atoms with E-state index in [4.69, 9.17) is 11.6 Å². The summed E-state index contributed by atoms with van der Waals surface area (Å²) in [6, 6.07) is 7.26. The van der Waals surface area contributed by atoms with Crippen LogP contribution in [0.2, 0.25) is 5.15 Å². The van der Waals surface area contributed by atoms with Crippen LogP contribution < -0.4 is 5.32 Å². The lowest BCUT2D eigenvalue weighted by Crippen LogP contribution is -2.16. The highest BCUT2D eigenvalue weighted by atomic mass is 35.5. The average molecular weight is 357 g/mol. The van der Waals surface area contributed by atoms with Gasteiger partial charge in [0.15, 0.2) is 5.82 Å². The van der Waals surface area contributed by atoms with Gasteiger partial charge < -0.3 is 5.32 Å². The van der Waals surface area contributed by atoms with Gasteiger partial charge in [0.2, 0.25) is 5.91 Å². The van der Waals surface area contributed by atoms with Gasteiger partial charge >= 0.3 is 0 Å². The highest BCUT2D eigenvalue weighted by Gasteiger charge is 2.27. The molecule has 3 heterocycles. The Morgan fingerprint density at radius 3 is 3.00 bits per heavy atom. The van der Waals surface area contributed by atoms with E-state index in [2.05, 4.69) is 20.5 Å².